The summed E-state index contributed by atoms with van der Waals surface area (Å²) in [6.45, 7) is 6.30. The first-order valence-corrected chi connectivity index (χ1v) is 25.1. The van der Waals surface area contributed by atoms with Crippen molar-refractivity contribution in [2.75, 3.05) is 13.2 Å². The van der Waals surface area contributed by atoms with Gasteiger partial charge in [0.25, 0.3) is 0 Å². The lowest BCUT2D eigenvalue weighted by Crippen LogP contribution is -2.30. The highest BCUT2D eigenvalue weighted by molar-refractivity contribution is 5.71. The molecule has 0 heterocycles. The van der Waals surface area contributed by atoms with Crippen LogP contribution in [0.2, 0.25) is 0 Å². The van der Waals surface area contributed by atoms with Crippen molar-refractivity contribution < 1.29 is 28.6 Å². The smallest absolute Gasteiger partial charge is 0.306 e. The van der Waals surface area contributed by atoms with Gasteiger partial charge in [-0.1, -0.05) is 202 Å². The fourth-order valence-corrected chi connectivity index (χ4v) is 6.68. The Labute approximate surface area is 375 Å². The van der Waals surface area contributed by atoms with E-state index >= 15 is 0 Å². The second kappa shape index (κ2) is 49.2. The van der Waals surface area contributed by atoms with E-state index in [2.05, 4.69) is 106 Å². The molecular formula is C55H92O6. The van der Waals surface area contributed by atoms with Gasteiger partial charge in [0.15, 0.2) is 6.10 Å². The van der Waals surface area contributed by atoms with Crippen LogP contribution in [0.4, 0.5) is 0 Å². The van der Waals surface area contributed by atoms with Crippen molar-refractivity contribution in [2.45, 2.75) is 232 Å². The molecule has 0 saturated carbocycles. The number of esters is 3. The highest BCUT2D eigenvalue weighted by Crippen LogP contribution is 2.14. The maximum Gasteiger partial charge on any atom is 0.306 e. The lowest BCUT2D eigenvalue weighted by molar-refractivity contribution is -0.167. The van der Waals surface area contributed by atoms with Crippen LogP contribution in [0.15, 0.2) is 85.1 Å². The minimum absolute atomic E-state index is 0.0860. The topological polar surface area (TPSA) is 78.9 Å². The molecule has 0 aliphatic rings. The Morgan fingerprint density at radius 3 is 1.00 bits per heavy atom. The van der Waals surface area contributed by atoms with Crippen molar-refractivity contribution in [3.8, 4) is 0 Å². The van der Waals surface area contributed by atoms with E-state index in [9.17, 15) is 14.4 Å². The minimum Gasteiger partial charge on any atom is -0.462 e. The predicted molar refractivity (Wildman–Crippen MR) is 261 cm³/mol. The average Bonchev–Trinajstić information content (AvgIpc) is 3.26. The van der Waals surface area contributed by atoms with E-state index < -0.39 is 6.10 Å². The maximum atomic E-state index is 12.7. The third kappa shape index (κ3) is 47.5. The van der Waals surface area contributed by atoms with Crippen LogP contribution < -0.4 is 0 Å². The summed E-state index contributed by atoms with van der Waals surface area (Å²) in [7, 11) is 0. The fourth-order valence-electron chi connectivity index (χ4n) is 6.68. The van der Waals surface area contributed by atoms with Gasteiger partial charge in [0.1, 0.15) is 13.2 Å². The van der Waals surface area contributed by atoms with Crippen molar-refractivity contribution in [3.05, 3.63) is 85.1 Å². The Kier molecular flexibility index (Phi) is 46.5. The lowest BCUT2D eigenvalue weighted by atomic mass is 10.1. The molecule has 0 aliphatic heterocycles. The highest BCUT2D eigenvalue weighted by atomic mass is 16.6. The van der Waals surface area contributed by atoms with Crippen LogP contribution in [0.1, 0.15) is 226 Å². The van der Waals surface area contributed by atoms with Gasteiger partial charge in [-0.15, -0.1) is 0 Å². The molecule has 0 aromatic rings. The predicted octanol–water partition coefficient (Wildman–Crippen LogP) is 16.4. The van der Waals surface area contributed by atoms with E-state index in [0.29, 0.717) is 19.3 Å². The lowest BCUT2D eigenvalue weighted by Gasteiger charge is -2.18. The van der Waals surface area contributed by atoms with Crippen LogP contribution in [-0.2, 0) is 28.6 Å². The number of carbonyl (C=O) groups is 3. The third-order valence-electron chi connectivity index (χ3n) is 10.4. The number of hydrogen-bond donors (Lipinski definition) is 0. The molecule has 0 radical (unpaired) electrons. The molecule has 1 atom stereocenters. The molecule has 0 aromatic carbocycles. The van der Waals surface area contributed by atoms with E-state index in [-0.39, 0.29) is 31.1 Å². The summed E-state index contributed by atoms with van der Waals surface area (Å²) in [6, 6.07) is 0. The molecule has 0 fully saturated rings. The number of hydrogen-bond acceptors (Lipinski definition) is 6. The molecule has 348 valence electrons. The van der Waals surface area contributed by atoms with Crippen molar-refractivity contribution in [3.63, 3.8) is 0 Å². The molecule has 1 unspecified atom stereocenters. The molecule has 0 rings (SSSR count). The van der Waals surface area contributed by atoms with Gasteiger partial charge in [-0.3, -0.25) is 14.4 Å². The van der Waals surface area contributed by atoms with Gasteiger partial charge < -0.3 is 14.2 Å². The highest BCUT2D eigenvalue weighted by Gasteiger charge is 2.19. The first-order valence-electron chi connectivity index (χ1n) is 25.1. The van der Waals surface area contributed by atoms with Gasteiger partial charge in [-0.2, -0.15) is 0 Å². The zero-order chi connectivity index (χ0) is 44.4. The van der Waals surface area contributed by atoms with E-state index in [1.807, 2.05) is 0 Å². The molecular weight excluding hydrogens is 757 g/mol. The average molecular weight is 849 g/mol. The Hall–Kier alpha value is -3.41. The molecule has 61 heavy (non-hydrogen) atoms. The molecule has 0 aromatic heterocycles. The molecule has 0 saturated heterocycles. The van der Waals surface area contributed by atoms with E-state index in [4.69, 9.17) is 14.2 Å². The van der Waals surface area contributed by atoms with Crippen LogP contribution >= 0.6 is 0 Å². The van der Waals surface area contributed by atoms with Crippen LogP contribution in [0.5, 0.6) is 0 Å². The third-order valence-corrected chi connectivity index (χ3v) is 10.4. The Morgan fingerprint density at radius 2 is 0.639 bits per heavy atom. The van der Waals surface area contributed by atoms with Crippen molar-refractivity contribution in [1.82, 2.24) is 0 Å². The van der Waals surface area contributed by atoms with Crippen molar-refractivity contribution >= 4 is 17.9 Å². The largest absolute Gasteiger partial charge is 0.462 e. The van der Waals surface area contributed by atoms with Crippen molar-refractivity contribution in [2.24, 2.45) is 0 Å². The van der Waals surface area contributed by atoms with Crippen molar-refractivity contribution in [1.29, 1.82) is 0 Å². The Bertz CT molecular complexity index is 1200. The van der Waals surface area contributed by atoms with Gasteiger partial charge in [0.05, 0.1) is 0 Å². The zero-order valence-electron chi connectivity index (χ0n) is 39.7. The number of ether oxygens (including phenoxy) is 3. The summed E-state index contributed by atoms with van der Waals surface area (Å²) in [5.41, 5.74) is 0. The molecule has 6 nitrogen and oxygen atoms in total. The van der Waals surface area contributed by atoms with Crippen LogP contribution in [0.3, 0.4) is 0 Å². The molecule has 0 bridgehead atoms. The van der Waals surface area contributed by atoms with Gasteiger partial charge in [0.2, 0.25) is 0 Å². The van der Waals surface area contributed by atoms with E-state index in [1.54, 1.807) is 0 Å². The number of rotatable bonds is 44. The summed E-state index contributed by atoms with van der Waals surface area (Å²) < 4.78 is 16.6. The van der Waals surface area contributed by atoms with E-state index in [0.717, 1.165) is 128 Å². The second-order valence-electron chi connectivity index (χ2n) is 16.3. The molecule has 6 heteroatoms. The second-order valence-corrected chi connectivity index (χ2v) is 16.3. The molecule has 0 spiro atoms. The number of carbonyl (C=O) groups excluding carboxylic acids is 3. The minimum atomic E-state index is -0.783. The summed E-state index contributed by atoms with van der Waals surface area (Å²) in [4.78, 5) is 37.6. The normalized spacial score (nSPS) is 12.8. The number of unbranched alkanes of at least 4 members (excludes halogenated alkanes) is 19. The Balaban J connectivity index is 4.16. The standard InChI is InChI=1S/C55H92O6/c1-4-7-10-13-15-17-19-21-23-24-25-26-27-28-29-30-32-33-35-37-39-42-45-48-54(57)60-51-52(50-59-53(56)47-44-41-12-9-6-3)61-55(58)49-46-43-40-38-36-34-31-22-20-18-16-14-11-8-5-2/h7-8,10-11,15-18,21-23,25-26,31,52H,4-6,9,12-14,19-20,24,27-30,32-51H2,1-3H3/b10-7-,11-8-,17-15-,18-16-,23-21-,26-25-,31-22-. The van der Waals surface area contributed by atoms with Gasteiger partial charge >= 0.3 is 17.9 Å². The van der Waals surface area contributed by atoms with E-state index in [1.165, 1.54) is 57.8 Å². The summed E-state index contributed by atoms with van der Waals surface area (Å²) in [5, 5.41) is 0. The Morgan fingerprint density at radius 1 is 0.344 bits per heavy atom. The first-order chi connectivity index (χ1) is 30.0. The summed E-state index contributed by atoms with van der Waals surface area (Å²) in [5.74, 6) is -0.924. The van der Waals surface area contributed by atoms with Gasteiger partial charge in [0, 0.05) is 19.3 Å². The molecule has 0 N–H and O–H groups in total. The maximum absolute atomic E-state index is 12.7. The van der Waals surface area contributed by atoms with Crippen LogP contribution in [0.25, 0.3) is 0 Å². The fraction of sp³-hybridized carbons (Fsp3) is 0.691. The summed E-state index contributed by atoms with van der Waals surface area (Å²) >= 11 is 0. The van der Waals surface area contributed by atoms with Gasteiger partial charge in [-0.25, -0.2) is 0 Å². The SMILES string of the molecule is CC/C=C\C/C=C\C/C=C\C/C=C\CCCCCCCCCCCCC(=O)OCC(COC(=O)CCCCCCC)OC(=O)CCCCCCC/C=C\C/C=C\C/C=C\CC. The first kappa shape index (κ1) is 57.6. The zero-order valence-corrected chi connectivity index (χ0v) is 39.7. The quantitative estimate of drug-likeness (QED) is 0.0263. The monoisotopic (exact) mass is 849 g/mol. The van der Waals surface area contributed by atoms with Crippen LogP contribution in [0, 0.1) is 0 Å². The molecule has 0 aliphatic carbocycles. The summed E-state index contributed by atoms with van der Waals surface area (Å²) in [6.07, 6.45) is 63.2. The van der Waals surface area contributed by atoms with Crippen LogP contribution in [-0.4, -0.2) is 37.2 Å². The molecule has 0 amide bonds. The number of allylic oxidation sites excluding steroid dienone is 14. The van der Waals surface area contributed by atoms with Gasteiger partial charge in [-0.05, 0) is 89.9 Å².